The molecule has 101 valence electrons. The summed E-state index contributed by atoms with van der Waals surface area (Å²) in [5.74, 6) is 0. The summed E-state index contributed by atoms with van der Waals surface area (Å²) in [6, 6.07) is 0. The van der Waals surface area contributed by atoms with Gasteiger partial charge in [-0.2, -0.15) is 0 Å². The summed E-state index contributed by atoms with van der Waals surface area (Å²) in [5, 5.41) is 0. The zero-order valence-corrected chi connectivity index (χ0v) is 17.0. The second-order valence-electron chi connectivity index (χ2n) is 1.13. The Morgan fingerprint density at radius 1 is 0.412 bits per heavy atom. The molecule has 0 aromatic carbocycles. The molecule has 0 aromatic heterocycles. The molecule has 17 heteroatoms. The van der Waals surface area contributed by atoms with Gasteiger partial charge in [0.1, 0.15) is 0 Å². The minimum absolute atomic E-state index is 0. The van der Waals surface area contributed by atoms with Crippen LogP contribution >= 0.6 is 0 Å². The van der Waals surface area contributed by atoms with E-state index in [0.717, 1.165) is 0 Å². The van der Waals surface area contributed by atoms with Crippen molar-refractivity contribution < 1.29 is 170 Å². The van der Waals surface area contributed by atoms with Crippen molar-refractivity contribution in [1.82, 2.24) is 0 Å². The van der Waals surface area contributed by atoms with Crippen molar-refractivity contribution in [3.05, 3.63) is 0 Å². The van der Waals surface area contributed by atoms with Gasteiger partial charge in [0, 0.05) is 0 Å². The van der Waals surface area contributed by atoms with Crippen LogP contribution in [0.3, 0.4) is 0 Å². The molecule has 0 bridgehead atoms. The van der Waals surface area contributed by atoms with Crippen LogP contribution in [0, 0.1) is 81.7 Å². The first kappa shape index (κ1) is 32.0. The molecule has 0 aliphatic rings. The fourth-order valence-corrected chi connectivity index (χ4v) is 0. The SMILES string of the molecule is [Nd+3].[Nd+3].[O]=[Mn](=[O])([O-])[O-].[O]=[Mn](=[O])([O-])[O-].[O]=[Mn](=[O])([O-])[O-]. The molecule has 0 aliphatic heterocycles. The van der Waals surface area contributed by atoms with Gasteiger partial charge in [-0.3, -0.25) is 0 Å². The van der Waals surface area contributed by atoms with Gasteiger partial charge in [-0.05, 0) is 0 Å². The van der Waals surface area contributed by atoms with Gasteiger partial charge in [0.15, 0.2) is 0 Å². The summed E-state index contributed by atoms with van der Waals surface area (Å²) in [7, 11) is 0. The Kier molecular flexibility index (Phi) is 25.9. The second-order valence-corrected chi connectivity index (χ2v) is 4.68. The van der Waals surface area contributed by atoms with Crippen LogP contribution in [0.4, 0.5) is 0 Å². The molecule has 0 atom stereocenters. The molecule has 0 amide bonds. The van der Waals surface area contributed by atoms with Crippen LogP contribution in [-0.2, 0) is 63.1 Å². The molecule has 0 aromatic rings. The van der Waals surface area contributed by atoms with Gasteiger partial charge in [0.25, 0.3) is 0 Å². The minimum atomic E-state index is -5.62. The van der Waals surface area contributed by atoms with E-state index in [-0.39, 0.29) is 81.7 Å². The zero-order chi connectivity index (χ0) is 13.5. The van der Waals surface area contributed by atoms with Crippen molar-refractivity contribution >= 4 is 0 Å². The third-order valence-corrected chi connectivity index (χ3v) is 0. The molecule has 17 heavy (non-hydrogen) atoms. The van der Waals surface area contributed by atoms with Gasteiger partial charge in [0.05, 0.1) is 0 Å². The van der Waals surface area contributed by atoms with Crippen molar-refractivity contribution in [3.8, 4) is 0 Å². The van der Waals surface area contributed by atoms with Crippen LogP contribution in [0.5, 0.6) is 0 Å². The summed E-state index contributed by atoms with van der Waals surface area (Å²) in [4.78, 5) is 0. The predicted molar refractivity (Wildman–Crippen MR) is 4.12 cm³/mol. The maximum atomic E-state index is 8.58. The topological polar surface area (TPSA) is 241 Å². The molecule has 12 nitrogen and oxygen atoms in total. The second kappa shape index (κ2) is 13.8. The molecule has 0 saturated carbocycles. The van der Waals surface area contributed by atoms with E-state index >= 15 is 0 Å². The van der Waals surface area contributed by atoms with Gasteiger partial charge < -0.3 is 0 Å². The van der Waals surface area contributed by atoms with Crippen molar-refractivity contribution in [1.29, 1.82) is 0 Å². The predicted octanol–water partition coefficient (Wildman–Crippen LogP) is -7.85. The third kappa shape index (κ3) is 670. The first-order valence-corrected chi connectivity index (χ1v) is 7.63. The molecule has 0 unspecified atom stereocenters. The molecular formula is Mn3Nd2O12. The average Bonchev–Trinajstić information content (AvgIpc) is 1.41. The monoisotopic (exact) mass is 641 g/mol. The standard InChI is InChI=1S/3Mn.2Nd.12O/q;;;2*+3;;;;;;;6*-1. The molecule has 0 saturated heterocycles. The molecule has 0 aliphatic carbocycles. The van der Waals surface area contributed by atoms with Crippen LogP contribution in [0.1, 0.15) is 0 Å². The molecule has 0 heterocycles. The van der Waals surface area contributed by atoms with Crippen molar-refractivity contribution in [2.24, 2.45) is 0 Å². The van der Waals surface area contributed by atoms with E-state index in [1.165, 1.54) is 0 Å². The fraction of sp³-hybridized carbons (Fsp3) is 0. The van der Waals surface area contributed by atoms with E-state index in [2.05, 4.69) is 0 Å². The Morgan fingerprint density at radius 2 is 0.412 bits per heavy atom. The summed E-state index contributed by atoms with van der Waals surface area (Å²) in [6.07, 6.45) is 0. The number of hydrogen-bond donors (Lipinski definition) is 0. The summed E-state index contributed by atoms with van der Waals surface area (Å²) < 4.78 is 103. The molecule has 0 fully saturated rings. The number of hydrogen-bond acceptors (Lipinski definition) is 12. The van der Waals surface area contributed by atoms with Crippen LogP contribution < -0.4 is 25.1 Å². The first-order valence-electron chi connectivity index (χ1n) is 1.85. The van der Waals surface area contributed by atoms with Gasteiger partial charge in [-0.25, -0.2) is 0 Å². The Labute approximate surface area is 166 Å². The summed E-state index contributed by atoms with van der Waals surface area (Å²) >= 11 is -16.9. The van der Waals surface area contributed by atoms with Crippen LogP contribution in [-0.4, -0.2) is 0 Å². The first-order chi connectivity index (χ1) is 6.00. The van der Waals surface area contributed by atoms with Gasteiger partial charge in [0.2, 0.25) is 0 Å². The number of rotatable bonds is 0. The average molecular weight is 645 g/mol. The van der Waals surface area contributed by atoms with E-state index < -0.39 is 40.1 Å². The van der Waals surface area contributed by atoms with Gasteiger partial charge in [-0.15, -0.1) is 0 Å². The van der Waals surface area contributed by atoms with Crippen molar-refractivity contribution in [3.63, 3.8) is 0 Å². The quantitative estimate of drug-likeness (QED) is 0.223. The van der Waals surface area contributed by atoms with Gasteiger partial charge in [-0.1, -0.05) is 0 Å². The molecule has 0 rings (SSSR count). The van der Waals surface area contributed by atoms with E-state index in [0.29, 0.717) is 0 Å². The fourth-order valence-electron chi connectivity index (χ4n) is 0. The Hall–Kier alpha value is 2.82. The molecule has 2 radical (unpaired) electrons. The van der Waals surface area contributed by atoms with E-state index in [1.54, 1.807) is 0 Å². The van der Waals surface area contributed by atoms with Crippen molar-refractivity contribution in [2.75, 3.05) is 0 Å². The van der Waals surface area contributed by atoms with Crippen LogP contribution in [0.2, 0.25) is 0 Å². The van der Waals surface area contributed by atoms with Crippen molar-refractivity contribution in [2.45, 2.75) is 0 Å². The summed E-state index contributed by atoms with van der Waals surface area (Å²) in [6.45, 7) is 0. The third-order valence-electron chi connectivity index (χ3n) is 0. The maximum absolute atomic E-state index is 8.58. The van der Waals surface area contributed by atoms with E-state index in [4.69, 9.17) is 48.1 Å². The zero-order valence-electron chi connectivity index (χ0n) is 7.03. The summed E-state index contributed by atoms with van der Waals surface area (Å²) in [5.41, 5.74) is 0. The van der Waals surface area contributed by atoms with Gasteiger partial charge >= 0.3 is 170 Å². The Balaban J connectivity index is -0.0000000400. The van der Waals surface area contributed by atoms with Crippen LogP contribution in [0.15, 0.2) is 0 Å². The normalized spacial score (nSPS) is 10.2. The molecular weight excluding hydrogens is 645 g/mol. The van der Waals surface area contributed by atoms with E-state index in [9.17, 15) is 0 Å². The van der Waals surface area contributed by atoms with Crippen LogP contribution in [0.25, 0.3) is 0 Å². The Bertz CT molecular complexity index is 341. The molecule has 0 N–H and O–H groups in total. The molecule has 0 spiro atoms. The Morgan fingerprint density at radius 3 is 0.412 bits per heavy atom. The van der Waals surface area contributed by atoms with E-state index in [1.807, 2.05) is 0 Å².